The fourth-order valence-corrected chi connectivity index (χ4v) is 4.65. The van der Waals surface area contributed by atoms with Crippen LogP contribution in [-0.4, -0.2) is 51.2 Å². The number of carbonyl (C=O) groups is 1. The summed E-state index contributed by atoms with van der Waals surface area (Å²) in [4.78, 5) is 14.6. The summed E-state index contributed by atoms with van der Waals surface area (Å²) in [5.74, 6) is 0. The smallest absolute Gasteiger partial charge is 0.410 e. The standard InChI is InChI=1S/C24H25N3O4/c28-23(31-15-18-5-2-1-3-6-18)27-21-13-24(29,14-22(27)17-30-16-21)19-7-9-20(10-8-19)26-12-4-11-25-26/h1-12,21-22,29H,13-17H2. The van der Waals surface area contributed by atoms with E-state index >= 15 is 0 Å². The van der Waals surface area contributed by atoms with Crippen LogP contribution in [0.4, 0.5) is 4.79 Å². The molecule has 0 radical (unpaired) electrons. The molecule has 2 aliphatic heterocycles. The van der Waals surface area contributed by atoms with E-state index in [-0.39, 0.29) is 24.8 Å². The molecule has 1 amide bonds. The first-order valence-corrected chi connectivity index (χ1v) is 10.5. The number of fused-ring (bicyclic) bond motifs is 2. The summed E-state index contributed by atoms with van der Waals surface area (Å²) in [5, 5.41) is 15.8. The van der Waals surface area contributed by atoms with Gasteiger partial charge in [-0.1, -0.05) is 42.5 Å². The van der Waals surface area contributed by atoms with Gasteiger partial charge in [0.2, 0.25) is 0 Å². The molecular formula is C24H25N3O4. The monoisotopic (exact) mass is 419 g/mol. The van der Waals surface area contributed by atoms with Gasteiger partial charge in [0.1, 0.15) is 6.61 Å². The van der Waals surface area contributed by atoms with Crippen LogP contribution in [-0.2, 0) is 21.7 Å². The topological polar surface area (TPSA) is 76.8 Å². The Hall–Kier alpha value is -3.16. The van der Waals surface area contributed by atoms with Crippen LogP contribution in [0.3, 0.4) is 0 Å². The van der Waals surface area contributed by atoms with Crippen molar-refractivity contribution in [3.05, 3.63) is 84.2 Å². The Kier molecular flexibility index (Phi) is 5.21. The second-order valence-electron chi connectivity index (χ2n) is 8.23. The summed E-state index contributed by atoms with van der Waals surface area (Å²) < 4.78 is 13.1. The third-order valence-corrected chi connectivity index (χ3v) is 6.14. The van der Waals surface area contributed by atoms with Gasteiger partial charge in [0.05, 0.1) is 36.6 Å². The van der Waals surface area contributed by atoms with Crippen LogP contribution in [0.5, 0.6) is 0 Å². The zero-order valence-electron chi connectivity index (χ0n) is 17.1. The van der Waals surface area contributed by atoms with Gasteiger partial charge in [-0.2, -0.15) is 5.10 Å². The van der Waals surface area contributed by atoms with E-state index in [1.54, 1.807) is 15.8 Å². The molecule has 0 spiro atoms. The Morgan fingerprint density at radius 2 is 1.77 bits per heavy atom. The molecule has 3 heterocycles. The van der Waals surface area contributed by atoms with Crippen molar-refractivity contribution in [1.82, 2.24) is 14.7 Å². The average Bonchev–Trinajstić information content (AvgIpc) is 3.33. The first-order chi connectivity index (χ1) is 15.1. The minimum atomic E-state index is -1.02. The Bertz CT molecular complexity index is 1010. The highest BCUT2D eigenvalue weighted by Crippen LogP contribution is 2.41. The summed E-state index contributed by atoms with van der Waals surface area (Å²) in [6, 6.07) is 18.8. The lowest BCUT2D eigenvalue weighted by atomic mass is 9.77. The molecule has 1 aromatic heterocycles. The summed E-state index contributed by atoms with van der Waals surface area (Å²) in [6.45, 7) is 1.02. The molecule has 2 atom stereocenters. The lowest BCUT2D eigenvalue weighted by Crippen LogP contribution is -2.62. The second-order valence-corrected chi connectivity index (χ2v) is 8.23. The van der Waals surface area contributed by atoms with E-state index in [0.29, 0.717) is 26.1 Å². The SMILES string of the molecule is O=C(OCc1ccccc1)N1C2COCC1CC(O)(c1ccc(-n3cccn3)cc1)C2. The number of carbonyl (C=O) groups excluding carboxylic acids is 1. The van der Waals surface area contributed by atoms with Gasteiger partial charge in [0.25, 0.3) is 0 Å². The van der Waals surface area contributed by atoms with Crippen LogP contribution >= 0.6 is 0 Å². The molecule has 2 bridgehead atoms. The molecular weight excluding hydrogens is 394 g/mol. The highest BCUT2D eigenvalue weighted by atomic mass is 16.6. The number of hydrogen-bond acceptors (Lipinski definition) is 5. The summed E-state index contributed by atoms with van der Waals surface area (Å²) in [5.41, 5.74) is 1.71. The summed E-state index contributed by atoms with van der Waals surface area (Å²) in [7, 11) is 0. The predicted molar refractivity (Wildman–Crippen MR) is 114 cm³/mol. The second kappa shape index (κ2) is 8.17. The van der Waals surface area contributed by atoms with Crippen molar-refractivity contribution in [2.75, 3.05) is 13.2 Å². The zero-order chi connectivity index (χ0) is 21.3. The zero-order valence-corrected chi connectivity index (χ0v) is 17.1. The van der Waals surface area contributed by atoms with Crippen LogP contribution in [0.25, 0.3) is 5.69 Å². The fraction of sp³-hybridized carbons (Fsp3) is 0.333. The highest BCUT2D eigenvalue weighted by Gasteiger charge is 2.49. The molecule has 0 aliphatic carbocycles. The lowest BCUT2D eigenvalue weighted by Gasteiger charge is -2.51. The van der Waals surface area contributed by atoms with E-state index in [1.807, 2.05) is 66.9 Å². The Labute approximate surface area is 180 Å². The molecule has 7 heteroatoms. The van der Waals surface area contributed by atoms with Gasteiger partial charge in [-0.25, -0.2) is 9.48 Å². The van der Waals surface area contributed by atoms with Gasteiger partial charge in [-0.15, -0.1) is 0 Å². The normalized spacial score (nSPS) is 25.3. The fourth-order valence-electron chi connectivity index (χ4n) is 4.65. The van der Waals surface area contributed by atoms with E-state index in [4.69, 9.17) is 9.47 Å². The van der Waals surface area contributed by atoms with Gasteiger partial charge in [-0.05, 0) is 29.3 Å². The van der Waals surface area contributed by atoms with Gasteiger partial charge in [0.15, 0.2) is 0 Å². The van der Waals surface area contributed by atoms with E-state index < -0.39 is 5.60 Å². The third-order valence-electron chi connectivity index (χ3n) is 6.14. The first kappa shape index (κ1) is 19.8. The molecule has 5 rings (SSSR count). The molecule has 2 fully saturated rings. The first-order valence-electron chi connectivity index (χ1n) is 10.5. The Morgan fingerprint density at radius 3 is 2.42 bits per heavy atom. The van der Waals surface area contributed by atoms with E-state index in [1.165, 1.54) is 0 Å². The van der Waals surface area contributed by atoms with Crippen LogP contribution in [0.1, 0.15) is 24.0 Å². The molecule has 1 N–H and O–H groups in total. The summed E-state index contributed by atoms with van der Waals surface area (Å²) >= 11 is 0. The van der Waals surface area contributed by atoms with Crippen molar-refractivity contribution in [1.29, 1.82) is 0 Å². The maximum Gasteiger partial charge on any atom is 0.410 e. The Balaban J connectivity index is 1.30. The van der Waals surface area contributed by atoms with Crippen LogP contribution in [0.2, 0.25) is 0 Å². The van der Waals surface area contributed by atoms with Crippen LogP contribution in [0, 0.1) is 0 Å². The summed E-state index contributed by atoms with van der Waals surface area (Å²) in [6.07, 6.45) is 4.08. The molecule has 3 aromatic rings. The van der Waals surface area contributed by atoms with Gasteiger partial charge >= 0.3 is 6.09 Å². The van der Waals surface area contributed by atoms with Crippen molar-refractivity contribution in [3.8, 4) is 5.69 Å². The van der Waals surface area contributed by atoms with Crippen LogP contribution in [0.15, 0.2) is 73.1 Å². The third kappa shape index (κ3) is 3.94. The molecule has 0 saturated carbocycles. The average molecular weight is 419 g/mol. The number of hydrogen-bond donors (Lipinski definition) is 1. The lowest BCUT2D eigenvalue weighted by molar-refractivity contribution is -0.136. The van der Waals surface area contributed by atoms with Crippen molar-refractivity contribution < 1.29 is 19.4 Å². The van der Waals surface area contributed by atoms with E-state index in [9.17, 15) is 9.90 Å². The number of aromatic nitrogens is 2. The Morgan fingerprint density at radius 1 is 1.06 bits per heavy atom. The van der Waals surface area contributed by atoms with Crippen molar-refractivity contribution in [2.24, 2.45) is 0 Å². The van der Waals surface area contributed by atoms with Gasteiger partial charge < -0.3 is 14.6 Å². The van der Waals surface area contributed by atoms with Gasteiger partial charge in [-0.3, -0.25) is 4.90 Å². The molecule has 2 aromatic carbocycles. The number of rotatable bonds is 4. The van der Waals surface area contributed by atoms with E-state index in [2.05, 4.69) is 5.10 Å². The minimum Gasteiger partial charge on any atom is -0.445 e. The molecule has 7 nitrogen and oxygen atoms in total. The number of amides is 1. The van der Waals surface area contributed by atoms with E-state index in [0.717, 1.165) is 16.8 Å². The number of benzene rings is 2. The molecule has 2 unspecified atom stereocenters. The highest BCUT2D eigenvalue weighted by molar-refractivity contribution is 5.69. The quantitative estimate of drug-likeness (QED) is 0.703. The largest absolute Gasteiger partial charge is 0.445 e. The van der Waals surface area contributed by atoms with Crippen molar-refractivity contribution in [3.63, 3.8) is 0 Å². The molecule has 160 valence electrons. The number of ether oxygens (including phenoxy) is 2. The molecule has 2 saturated heterocycles. The van der Waals surface area contributed by atoms with Gasteiger partial charge in [0, 0.05) is 25.2 Å². The maximum atomic E-state index is 12.9. The number of morpholine rings is 1. The molecule has 31 heavy (non-hydrogen) atoms. The maximum absolute atomic E-state index is 12.9. The van der Waals surface area contributed by atoms with Crippen molar-refractivity contribution in [2.45, 2.75) is 37.1 Å². The minimum absolute atomic E-state index is 0.230. The number of aliphatic hydroxyl groups is 1. The number of nitrogens with zero attached hydrogens (tertiary/aromatic N) is 3. The van der Waals surface area contributed by atoms with Crippen LogP contribution < -0.4 is 0 Å². The number of piperidine rings is 1. The van der Waals surface area contributed by atoms with Crippen molar-refractivity contribution >= 4 is 6.09 Å². The molecule has 2 aliphatic rings. The predicted octanol–water partition coefficient (Wildman–Crippen LogP) is 3.26.